The molecule has 0 spiro atoms. The molecule has 1 saturated carbocycles. The number of rotatable bonds is 10. The Labute approximate surface area is 202 Å². The van der Waals surface area contributed by atoms with Crippen LogP contribution >= 0.6 is 12.0 Å². The third kappa shape index (κ3) is 4.97. The summed E-state index contributed by atoms with van der Waals surface area (Å²) in [6.45, 7) is 0. The third-order valence-electron chi connectivity index (χ3n) is 5.00. The van der Waals surface area contributed by atoms with Crippen LogP contribution in [0, 0.1) is 0 Å². The van der Waals surface area contributed by atoms with Gasteiger partial charge in [0.2, 0.25) is 0 Å². The van der Waals surface area contributed by atoms with Gasteiger partial charge in [0.05, 0.1) is 12.0 Å². The van der Waals surface area contributed by atoms with Crippen molar-refractivity contribution in [3.8, 4) is 0 Å². The van der Waals surface area contributed by atoms with Crippen LogP contribution < -0.4 is 5.26 Å². The highest BCUT2D eigenvalue weighted by atomic mass is 32.2. The first-order chi connectivity index (χ1) is 16.7. The third-order valence-corrected chi connectivity index (χ3v) is 6.02. The van der Waals surface area contributed by atoms with Crippen LogP contribution in [-0.4, -0.2) is 64.6 Å². The molecule has 1 aliphatic rings. The monoisotopic (exact) mass is 621 g/mol. The highest BCUT2D eigenvalue weighted by Crippen LogP contribution is 2.65. The van der Waals surface area contributed by atoms with Crippen LogP contribution in [-0.2, 0) is 23.7 Å². The molecule has 0 saturated heterocycles. The first-order valence-electron chi connectivity index (χ1n) is 9.13. The lowest BCUT2D eigenvalue weighted by Gasteiger charge is -2.45. The molecule has 0 aromatic heterocycles. The van der Waals surface area contributed by atoms with Gasteiger partial charge in [-0.3, -0.25) is 9.83 Å². The van der Waals surface area contributed by atoms with Crippen molar-refractivity contribution < 1.29 is 99.2 Å². The molecule has 1 fully saturated rings. The van der Waals surface area contributed by atoms with Crippen LogP contribution in [0.1, 0.15) is 25.7 Å². The lowest BCUT2D eigenvalue weighted by molar-refractivity contribution is -0.777. The summed E-state index contributed by atoms with van der Waals surface area (Å²) >= 11 is -2.62. The molecule has 38 heavy (non-hydrogen) atoms. The zero-order valence-corrected chi connectivity index (χ0v) is 18.1. The molecule has 0 heterocycles. The quantitative estimate of drug-likeness (QED) is 0.112. The maximum Gasteiger partial charge on any atom is 0.460 e. The fourth-order valence-corrected chi connectivity index (χ4v) is 3.47. The molecular formula is C15H9F16O6S-. The number of ketones is 1. The molecule has 23 heteroatoms. The smallest absolute Gasteiger partial charge is 0.460 e. The molecule has 0 aromatic carbocycles. The largest absolute Gasteiger partial charge is 0.691 e. The maximum absolute atomic E-state index is 14.7. The number of hydrogen-bond acceptors (Lipinski definition) is 7. The van der Waals surface area contributed by atoms with Gasteiger partial charge in [-0.2, -0.15) is 74.6 Å². The fourth-order valence-electron chi connectivity index (χ4n) is 2.90. The van der Waals surface area contributed by atoms with Crippen LogP contribution in [0.3, 0.4) is 0 Å². The molecule has 2 unspecified atom stereocenters. The van der Waals surface area contributed by atoms with Gasteiger partial charge < -0.3 is 9.99 Å². The summed E-state index contributed by atoms with van der Waals surface area (Å²) in [5.41, 5.74) is 0. The van der Waals surface area contributed by atoms with Gasteiger partial charge in [-0.1, -0.05) is 0 Å². The predicted molar refractivity (Wildman–Crippen MR) is 82.7 cm³/mol. The van der Waals surface area contributed by atoms with E-state index >= 15 is 0 Å². The van der Waals surface area contributed by atoms with Gasteiger partial charge in [-0.25, -0.2) is 4.79 Å². The highest BCUT2D eigenvalue weighted by Gasteiger charge is 2.96. The van der Waals surface area contributed by atoms with Crippen LogP contribution in [0.5, 0.6) is 0 Å². The van der Waals surface area contributed by atoms with Gasteiger partial charge in [0, 0.05) is 6.42 Å². The minimum Gasteiger partial charge on any atom is -0.691 e. The summed E-state index contributed by atoms with van der Waals surface area (Å²) in [7, 11) is 0. The minimum absolute atomic E-state index is 0.0257. The van der Waals surface area contributed by atoms with Gasteiger partial charge in [-0.15, -0.1) is 0 Å². The van der Waals surface area contributed by atoms with E-state index in [2.05, 4.69) is 14.1 Å². The number of esters is 1. The Hall–Kier alpha value is -1.75. The molecule has 0 aliphatic heterocycles. The van der Waals surface area contributed by atoms with Crippen molar-refractivity contribution in [2.45, 2.75) is 78.5 Å². The highest BCUT2D eigenvalue weighted by molar-refractivity contribution is 7.97. The van der Waals surface area contributed by atoms with Gasteiger partial charge in [0.25, 0.3) is 0 Å². The summed E-state index contributed by atoms with van der Waals surface area (Å²) in [6, 6.07) is 0. The second-order valence-electron chi connectivity index (χ2n) is 7.37. The molecule has 1 aliphatic carbocycles. The van der Waals surface area contributed by atoms with Crippen molar-refractivity contribution >= 4 is 23.8 Å². The summed E-state index contributed by atoms with van der Waals surface area (Å²) in [6.07, 6.45) is -19.4. The number of alkyl halides is 16. The van der Waals surface area contributed by atoms with Crippen LogP contribution in [0.25, 0.3) is 0 Å². The molecule has 1 rings (SSSR count). The Kier molecular flexibility index (Phi) is 9.32. The first kappa shape index (κ1) is 34.3. The fraction of sp³-hybridized carbons (Fsp3) is 0.867. The number of hydrogen-bond donors (Lipinski definition) is 0. The normalized spacial score (nSPS) is 20.8. The molecule has 0 aromatic rings. The Morgan fingerprint density at radius 1 is 0.711 bits per heavy atom. The Balaban J connectivity index is 3.91. The summed E-state index contributed by atoms with van der Waals surface area (Å²) < 4.78 is 216. The van der Waals surface area contributed by atoms with E-state index in [1.165, 1.54) is 0 Å². The van der Waals surface area contributed by atoms with E-state index in [4.69, 9.17) is 0 Å². The molecule has 0 N–H and O–H groups in total. The van der Waals surface area contributed by atoms with Crippen molar-refractivity contribution in [3.63, 3.8) is 0 Å². The van der Waals surface area contributed by atoms with Crippen molar-refractivity contribution in [1.82, 2.24) is 0 Å². The van der Waals surface area contributed by atoms with Crippen LogP contribution in [0.2, 0.25) is 0 Å². The lowest BCUT2D eigenvalue weighted by Crippen LogP contribution is -2.77. The lowest BCUT2D eigenvalue weighted by atomic mass is 9.86. The average Bonchev–Trinajstić information content (AvgIpc) is 2.73. The number of carbonyl (C=O) groups excluding carboxylic acids is 2. The van der Waals surface area contributed by atoms with Crippen molar-refractivity contribution in [2.75, 3.05) is 0 Å². The van der Waals surface area contributed by atoms with E-state index in [0.29, 0.717) is 0 Å². The number of halogens is 16. The van der Waals surface area contributed by atoms with Crippen molar-refractivity contribution in [1.29, 1.82) is 0 Å². The van der Waals surface area contributed by atoms with Crippen LogP contribution in [0.4, 0.5) is 70.2 Å². The Morgan fingerprint density at radius 2 is 1.16 bits per heavy atom. The van der Waals surface area contributed by atoms with Gasteiger partial charge >= 0.3 is 52.7 Å². The second-order valence-corrected chi connectivity index (χ2v) is 8.29. The SMILES string of the molecule is O=C1CCCCC1OC(=O)C(SOO[O-])(C(F)(F)F)C(F)(F)C(F)(F)C(F)(F)C(F)(F)C(F)(F)C(F)(F)F. The van der Waals surface area contributed by atoms with Crippen LogP contribution in [0.15, 0.2) is 0 Å². The maximum atomic E-state index is 14.7. The molecule has 0 bridgehead atoms. The van der Waals surface area contributed by atoms with Gasteiger partial charge in [0.1, 0.15) is 0 Å². The second kappa shape index (κ2) is 10.3. The zero-order chi connectivity index (χ0) is 30.4. The number of Topliss-reactive ketones (excluding diaryl/α,β-unsaturated/α-hetero) is 1. The minimum atomic E-state index is -8.74. The van der Waals surface area contributed by atoms with Gasteiger partial charge in [0.15, 0.2) is 11.9 Å². The number of carbonyl (C=O) groups is 2. The Morgan fingerprint density at radius 3 is 1.55 bits per heavy atom. The predicted octanol–water partition coefficient (Wildman–Crippen LogP) is 4.95. The van der Waals surface area contributed by atoms with E-state index in [-0.39, 0.29) is 12.8 Å². The first-order valence-corrected chi connectivity index (χ1v) is 9.87. The van der Waals surface area contributed by atoms with E-state index in [9.17, 15) is 85.1 Å². The van der Waals surface area contributed by atoms with E-state index in [1.807, 2.05) is 0 Å². The van der Waals surface area contributed by atoms with E-state index in [0.717, 1.165) is 0 Å². The van der Waals surface area contributed by atoms with E-state index in [1.54, 1.807) is 0 Å². The van der Waals surface area contributed by atoms with E-state index < -0.39 is 89.5 Å². The number of ether oxygens (including phenoxy) is 1. The summed E-state index contributed by atoms with van der Waals surface area (Å²) in [4.78, 5) is 23.8. The van der Waals surface area contributed by atoms with Crippen molar-refractivity contribution in [3.05, 3.63) is 0 Å². The molecular weight excluding hydrogens is 612 g/mol. The van der Waals surface area contributed by atoms with Gasteiger partial charge in [-0.05, 0) is 19.3 Å². The average molecular weight is 621 g/mol. The molecule has 0 radical (unpaired) electrons. The van der Waals surface area contributed by atoms with Crippen molar-refractivity contribution in [2.24, 2.45) is 0 Å². The topological polar surface area (TPSA) is 84.9 Å². The zero-order valence-electron chi connectivity index (χ0n) is 17.3. The molecule has 0 amide bonds. The molecule has 224 valence electrons. The molecule has 6 nitrogen and oxygen atoms in total. The molecule has 2 atom stereocenters. The summed E-state index contributed by atoms with van der Waals surface area (Å²) in [5.74, 6) is -47.7. The summed E-state index contributed by atoms with van der Waals surface area (Å²) in [5, 5.41) is 12.1. The Bertz CT molecular complexity index is 888. The standard InChI is InChI=1S/C15H10F16O6S/c16-9(17,10(18,19)11(20,21)12(22,23)13(24,25)15(29,30)31)8(14(26,27)28,38-37-36-34)7(33)35-6-4-2-1-3-5(6)32/h6,34H,1-4H2/p-1.